The zero-order valence-electron chi connectivity index (χ0n) is 27.4. The zero-order valence-corrected chi connectivity index (χ0v) is 27.4. The van der Waals surface area contributed by atoms with Gasteiger partial charge in [-0.3, -0.25) is 9.59 Å². The molecule has 9 nitrogen and oxygen atoms in total. The molecule has 4 atom stereocenters. The first kappa shape index (κ1) is 35.9. The number of nitrogens with one attached hydrogen (secondary N) is 2. The van der Waals surface area contributed by atoms with Crippen LogP contribution in [0.15, 0.2) is 54.6 Å². The number of benzene rings is 2. The SMILES string of the molecule is C#Cc1ccc(C(C(=O)NC(Cc2ccccc2)C(=O)OC(C)(C)C)N(C(=O)C(C)NC(=O)OC(C)(C)C)C(C)CC)cc1. The molecule has 0 saturated carbocycles. The first-order valence-corrected chi connectivity index (χ1v) is 14.9. The van der Waals surface area contributed by atoms with E-state index in [1.54, 1.807) is 65.8 Å². The summed E-state index contributed by atoms with van der Waals surface area (Å²) in [6.07, 6.45) is 5.50. The van der Waals surface area contributed by atoms with E-state index in [0.29, 0.717) is 17.5 Å². The van der Waals surface area contributed by atoms with Crippen LogP contribution in [0.25, 0.3) is 0 Å². The smallest absolute Gasteiger partial charge is 0.408 e. The molecule has 2 N–H and O–H groups in total. The Morgan fingerprint density at radius 2 is 1.43 bits per heavy atom. The van der Waals surface area contributed by atoms with Crippen LogP contribution < -0.4 is 10.6 Å². The van der Waals surface area contributed by atoms with Crippen molar-refractivity contribution in [2.45, 2.75) is 111 Å². The molecule has 2 aromatic carbocycles. The maximum absolute atomic E-state index is 14.3. The van der Waals surface area contributed by atoms with Crippen molar-refractivity contribution in [2.24, 2.45) is 0 Å². The summed E-state index contributed by atoms with van der Waals surface area (Å²) in [5.74, 6) is 0.882. The average molecular weight is 606 g/mol. The van der Waals surface area contributed by atoms with Gasteiger partial charge in [0, 0.05) is 18.0 Å². The first-order chi connectivity index (χ1) is 20.5. The highest BCUT2D eigenvalue weighted by Gasteiger charge is 2.39. The summed E-state index contributed by atoms with van der Waals surface area (Å²) in [7, 11) is 0. The molecule has 2 rings (SSSR count). The van der Waals surface area contributed by atoms with Crippen LogP contribution in [-0.4, -0.2) is 58.1 Å². The first-order valence-electron chi connectivity index (χ1n) is 14.9. The molecule has 0 aromatic heterocycles. The van der Waals surface area contributed by atoms with Crippen molar-refractivity contribution in [3.63, 3.8) is 0 Å². The number of esters is 1. The number of ether oxygens (including phenoxy) is 2. The Morgan fingerprint density at radius 3 is 1.93 bits per heavy atom. The van der Waals surface area contributed by atoms with Crippen molar-refractivity contribution in [1.82, 2.24) is 15.5 Å². The van der Waals surface area contributed by atoms with Gasteiger partial charge < -0.3 is 25.0 Å². The third kappa shape index (κ3) is 11.1. The van der Waals surface area contributed by atoms with Crippen molar-refractivity contribution in [3.05, 3.63) is 71.3 Å². The fourth-order valence-corrected chi connectivity index (χ4v) is 4.43. The van der Waals surface area contributed by atoms with E-state index < -0.39 is 59.2 Å². The minimum atomic E-state index is -1.16. The second-order valence-electron chi connectivity index (χ2n) is 12.8. The van der Waals surface area contributed by atoms with Gasteiger partial charge in [-0.05, 0) is 85.1 Å². The van der Waals surface area contributed by atoms with Gasteiger partial charge in [0.05, 0.1) is 0 Å². The highest BCUT2D eigenvalue weighted by atomic mass is 16.6. The van der Waals surface area contributed by atoms with E-state index in [9.17, 15) is 19.2 Å². The van der Waals surface area contributed by atoms with Crippen LogP contribution in [-0.2, 0) is 30.3 Å². The molecule has 0 spiro atoms. The van der Waals surface area contributed by atoms with E-state index in [0.717, 1.165) is 5.56 Å². The molecule has 4 unspecified atom stereocenters. The number of alkyl carbamates (subject to hydrolysis) is 1. The standard InChI is InChI=1S/C35H47N3O6/c1-11-23(3)38(31(40)24(4)36-33(42)44-35(8,9)10)29(27-20-18-25(12-2)19-21-27)30(39)37-28(32(41)43-34(5,6)7)22-26-16-14-13-15-17-26/h2,13-21,23-24,28-29H,11,22H2,1,3-10H3,(H,36,42)(H,37,39). The van der Waals surface area contributed by atoms with Crippen LogP contribution in [0.1, 0.15) is 91.5 Å². The van der Waals surface area contributed by atoms with Gasteiger partial charge in [-0.25, -0.2) is 9.59 Å². The molecule has 44 heavy (non-hydrogen) atoms. The molecule has 0 aliphatic carbocycles. The van der Waals surface area contributed by atoms with Crippen molar-refractivity contribution in [2.75, 3.05) is 0 Å². The summed E-state index contributed by atoms with van der Waals surface area (Å²) in [4.78, 5) is 55.7. The van der Waals surface area contributed by atoms with Crippen LogP contribution in [0.5, 0.6) is 0 Å². The predicted octanol–water partition coefficient (Wildman–Crippen LogP) is 5.32. The van der Waals surface area contributed by atoms with Gasteiger partial charge in [0.25, 0.3) is 0 Å². The molecule has 0 aliphatic rings. The summed E-state index contributed by atoms with van der Waals surface area (Å²) in [5, 5.41) is 5.47. The second-order valence-corrected chi connectivity index (χ2v) is 12.8. The maximum atomic E-state index is 14.3. The number of amides is 3. The molecular formula is C35H47N3O6. The molecule has 0 saturated heterocycles. The molecule has 3 amide bonds. The molecule has 2 aromatic rings. The summed E-state index contributed by atoms with van der Waals surface area (Å²) < 4.78 is 11.0. The van der Waals surface area contributed by atoms with Gasteiger partial charge in [-0.1, -0.05) is 55.3 Å². The van der Waals surface area contributed by atoms with Crippen LogP contribution in [0.4, 0.5) is 4.79 Å². The summed E-state index contributed by atoms with van der Waals surface area (Å²) in [6.45, 7) is 15.7. The van der Waals surface area contributed by atoms with Crippen molar-refractivity contribution >= 4 is 23.9 Å². The minimum Gasteiger partial charge on any atom is -0.458 e. The molecule has 0 bridgehead atoms. The topological polar surface area (TPSA) is 114 Å². The number of hydrogen-bond donors (Lipinski definition) is 2. The quantitative estimate of drug-likeness (QED) is 0.265. The fraction of sp³-hybridized carbons (Fsp3) is 0.486. The molecule has 0 radical (unpaired) electrons. The van der Waals surface area contributed by atoms with Crippen molar-refractivity contribution in [1.29, 1.82) is 0 Å². The van der Waals surface area contributed by atoms with E-state index in [1.807, 2.05) is 44.2 Å². The molecule has 0 aliphatic heterocycles. The average Bonchev–Trinajstić information content (AvgIpc) is 2.93. The monoisotopic (exact) mass is 605 g/mol. The number of rotatable bonds is 11. The molecular weight excluding hydrogens is 558 g/mol. The lowest BCUT2D eigenvalue weighted by atomic mass is 9.98. The second kappa shape index (κ2) is 15.4. The Hall–Kier alpha value is -4.32. The predicted molar refractivity (Wildman–Crippen MR) is 170 cm³/mol. The van der Waals surface area contributed by atoms with Gasteiger partial charge >= 0.3 is 12.1 Å². The highest BCUT2D eigenvalue weighted by Crippen LogP contribution is 2.27. The largest absolute Gasteiger partial charge is 0.458 e. The van der Waals surface area contributed by atoms with Gasteiger partial charge in [-0.15, -0.1) is 6.42 Å². The number of nitrogens with zero attached hydrogens (tertiary/aromatic N) is 1. The van der Waals surface area contributed by atoms with Gasteiger partial charge in [0.2, 0.25) is 11.8 Å². The molecule has 9 heteroatoms. The lowest BCUT2D eigenvalue weighted by molar-refractivity contribution is -0.159. The van der Waals surface area contributed by atoms with Crippen LogP contribution in [0, 0.1) is 12.3 Å². The fourth-order valence-electron chi connectivity index (χ4n) is 4.43. The zero-order chi connectivity index (χ0) is 33.2. The van der Waals surface area contributed by atoms with E-state index in [-0.39, 0.29) is 6.42 Å². The van der Waals surface area contributed by atoms with Crippen LogP contribution in [0.3, 0.4) is 0 Å². The van der Waals surface area contributed by atoms with E-state index in [2.05, 4.69) is 16.6 Å². The van der Waals surface area contributed by atoms with Gasteiger partial charge in [-0.2, -0.15) is 0 Å². The van der Waals surface area contributed by atoms with Crippen molar-refractivity contribution in [3.8, 4) is 12.3 Å². The van der Waals surface area contributed by atoms with Gasteiger partial charge in [0.15, 0.2) is 0 Å². The summed E-state index contributed by atoms with van der Waals surface area (Å²) in [6, 6.07) is 12.4. The van der Waals surface area contributed by atoms with E-state index in [1.165, 1.54) is 11.8 Å². The Kier molecular flexibility index (Phi) is 12.6. The summed E-state index contributed by atoms with van der Waals surface area (Å²) in [5.41, 5.74) is 0.360. The lowest BCUT2D eigenvalue weighted by Gasteiger charge is -2.38. The Morgan fingerprint density at radius 1 is 0.864 bits per heavy atom. The van der Waals surface area contributed by atoms with E-state index >= 15 is 0 Å². The Bertz CT molecular complexity index is 1320. The highest BCUT2D eigenvalue weighted by molar-refractivity contribution is 5.94. The number of hydrogen-bond acceptors (Lipinski definition) is 6. The number of carbonyl (C=O) groups is 4. The van der Waals surface area contributed by atoms with Gasteiger partial charge in [0.1, 0.15) is 29.3 Å². The lowest BCUT2D eigenvalue weighted by Crippen LogP contribution is -2.56. The number of terminal acetylenes is 1. The molecule has 0 fully saturated rings. The Balaban J connectivity index is 2.56. The van der Waals surface area contributed by atoms with Crippen LogP contribution >= 0.6 is 0 Å². The van der Waals surface area contributed by atoms with E-state index in [4.69, 9.17) is 15.9 Å². The minimum absolute atomic E-state index is 0.179. The molecule has 238 valence electrons. The Labute approximate surface area is 262 Å². The molecule has 0 heterocycles. The van der Waals surface area contributed by atoms with Crippen LogP contribution in [0.2, 0.25) is 0 Å². The summed E-state index contributed by atoms with van der Waals surface area (Å²) >= 11 is 0. The van der Waals surface area contributed by atoms with Crippen molar-refractivity contribution < 1.29 is 28.7 Å². The maximum Gasteiger partial charge on any atom is 0.408 e. The number of carbonyl (C=O) groups excluding carboxylic acids is 4. The third-order valence-electron chi connectivity index (χ3n) is 6.63. The third-order valence-corrected chi connectivity index (χ3v) is 6.63. The normalized spacial score (nSPS) is 14.2.